The zero-order chi connectivity index (χ0) is 17.1. The summed E-state index contributed by atoms with van der Waals surface area (Å²) >= 11 is 0.153. The van der Waals surface area contributed by atoms with Gasteiger partial charge in [-0.15, -0.1) is 0 Å². The zero-order valence-corrected chi connectivity index (χ0v) is 16.5. The van der Waals surface area contributed by atoms with E-state index in [2.05, 4.69) is 52.0 Å². The van der Waals surface area contributed by atoms with Crippen molar-refractivity contribution in [3.63, 3.8) is 0 Å². The van der Waals surface area contributed by atoms with Crippen molar-refractivity contribution in [1.82, 2.24) is 0 Å². The van der Waals surface area contributed by atoms with Crippen LogP contribution in [0, 0.1) is 0 Å². The van der Waals surface area contributed by atoms with Crippen LogP contribution in [0.1, 0.15) is 41.0 Å². The van der Waals surface area contributed by atoms with Gasteiger partial charge in [0.25, 0.3) is 0 Å². The van der Waals surface area contributed by atoms with Crippen LogP contribution in [0.3, 0.4) is 0 Å². The molecule has 0 unspecified atom stereocenters. The van der Waals surface area contributed by atoms with Gasteiger partial charge >= 0.3 is 64.9 Å². The molecule has 0 aromatic heterocycles. The SMILES string of the molecule is CC(C)=CC(C)=COc1ccccc1.C[C](C)=[Ti][C]1=CC=CC1. The topological polar surface area (TPSA) is 9.23 Å². The second-order valence-corrected chi connectivity index (χ2v) is 8.92. The first-order chi connectivity index (χ1) is 11.0. The van der Waals surface area contributed by atoms with Crippen molar-refractivity contribution in [3.8, 4) is 5.75 Å². The summed E-state index contributed by atoms with van der Waals surface area (Å²) < 4.78 is 8.77. The number of para-hydroxylation sites is 1. The minimum absolute atomic E-state index is 0.153. The Morgan fingerprint density at radius 2 is 1.74 bits per heavy atom. The fourth-order valence-electron chi connectivity index (χ4n) is 2.01. The summed E-state index contributed by atoms with van der Waals surface area (Å²) in [6, 6.07) is 9.76. The van der Waals surface area contributed by atoms with E-state index in [-0.39, 0.29) is 18.7 Å². The summed E-state index contributed by atoms with van der Waals surface area (Å²) in [5.74, 6) is 0.869. The molecule has 0 heterocycles. The van der Waals surface area contributed by atoms with Crippen molar-refractivity contribution in [2.75, 3.05) is 0 Å². The average Bonchev–Trinajstić information content (AvgIpc) is 2.98. The summed E-state index contributed by atoms with van der Waals surface area (Å²) in [5.41, 5.74) is 2.39. The van der Waals surface area contributed by atoms with Gasteiger partial charge in [0.05, 0.1) is 6.26 Å². The molecule has 1 aliphatic rings. The summed E-state index contributed by atoms with van der Waals surface area (Å²) in [5, 5.41) is 0. The van der Waals surface area contributed by atoms with Crippen molar-refractivity contribution in [3.05, 3.63) is 75.9 Å². The van der Waals surface area contributed by atoms with Crippen LogP contribution in [-0.2, 0) is 18.7 Å². The Morgan fingerprint density at radius 1 is 1.04 bits per heavy atom. The fraction of sp³-hybridized carbons (Fsp3) is 0.286. The molecule has 0 bridgehead atoms. The van der Waals surface area contributed by atoms with Crippen molar-refractivity contribution in [1.29, 1.82) is 0 Å². The van der Waals surface area contributed by atoms with Gasteiger partial charge in [-0.3, -0.25) is 0 Å². The van der Waals surface area contributed by atoms with Crippen molar-refractivity contribution in [2.45, 2.75) is 41.0 Å². The Morgan fingerprint density at radius 3 is 2.26 bits per heavy atom. The Bertz CT molecular complexity index is 623. The molecule has 1 aromatic rings. The van der Waals surface area contributed by atoms with Gasteiger partial charge in [-0.25, -0.2) is 0 Å². The van der Waals surface area contributed by atoms with Gasteiger partial charge in [0.1, 0.15) is 5.75 Å². The van der Waals surface area contributed by atoms with Gasteiger partial charge in [-0.2, -0.15) is 0 Å². The van der Waals surface area contributed by atoms with E-state index < -0.39 is 0 Å². The molecule has 0 saturated carbocycles. The number of hydrogen-bond acceptors (Lipinski definition) is 1. The van der Waals surface area contributed by atoms with E-state index in [1.54, 1.807) is 14.0 Å². The third-order valence-electron chi connectivity index (χ3n) is 2.82. The molecule has 1 aromatic carbocycles. The van der Waals surface area contributed by atoms with E-state index in [9.17, 15) is 0 Å². The molecule has 0 fully saturated rings. The Kier molecular flexibility index (Phi) is 9.51. The molecule has 23 heavy (non-hydrogen) atoms. The maximum absolute atomic E-state index is 5.46. The van der Waals surface area contributed by atoms with Crippen molar-refractivity contribution >= 4 is 3.81 Å². The minimum atomic E-state index is 0.153. The normalized spacial score (nSPS) is 12.6. The van der Waals surface area contributed by atoms with E-state index in [0.717, 1.165) is 11.3 Å². The molecule has 0 amide bonds. The standard InChI is InChI=1S/C13H16O.C5H5.C3H6.Ti/c1-11(2)9-12(3)10-14-13-7-5-4-6-8-13;1-2-4-5-3-1;1-3-2;/h4-10H,1-3H3;1-3H,4H2;1-2H3;. The summed E-state index contributed by atoms with van der Waals surface area (Å²) in [6.07, 6.45) is 11.8. The molecule has 2 rings (SSSR count). The molecule has 0 aliphatic heterocycles. The first kappa shape index (κ1) is 19.6. The number of ether oxygens (including phenoxy) is 1. The molecule has 0 radical (unpaired) electrons. The van der Waals surface area contributed by atoms with Gasteiger partial charge < -0.3 is 4.74 Å². The first-order valence-electron chi connectivity index (χ1n) is 7.93. The van der Waals surface area contributed by atoms with E-state index in [1.807, 2.05) is 37.3 Å². The molecule has 121 valence electrons. The van der Waals surface area contributed by atoms with E-state index in [0.29, 0.717) is 0 Å². The summed E-state index contributed by atoms with van der Waals surface area (Å²) in [4.78, 5) is 0. The summed E-state index contributed by atoms with van der Waals surface area (Å²) in [7, 11) is 0. The van der Waals surface area contributed by atoms with Crippen molar-refractivity contribution < 1.29 is 23.4 Å². The quantitative estimate of drug-likeness (QED) is 0.367. The van der Waals surface area contributed by atoms with Gasteiger partial charge in [-0.1, -0.05) is 29.8 Å². The van der Waals surface area contributed by atoms with Crippen LogP contribution in [0.5, 0.6) is 5.75 Å². The second kappa shape index (κ2) is 11.2. The molecule has 1 nitrogen and oxygen atoms in total. The number of benzene rings is 1. The Labute approximate surface area is 149 Å². The van der Waals surface area contributed by atoms with Gasteiger partial charge in [0, 0.05) is 0 Å². The molecule has 1 aliphatic carbocycles. The molecular formula is C21H27OTi. The van der Waals surface area contributed by atoms with Crippen LogP contribution in [0.4, 0.5) is 0 Å². The van der Waals surface area contributed by atoms with Gasteiger partial charge in [-0.05, 0) is 38.5 Å². The van der Waals surface area contributed by atoms with Gasteiger partial charge in [0.2, 0.25) is 0 Å². The maximum atomic E-state index is 5.46. The van der Waals surface area contributed by atoms with Gasteiger partial charge in [0.15, 0.2) is 0 Å². The number of rotatable bonds is 4. The molecule has 2 heteroatoms. The van der Waals surface area contributed by atoms with E-state index in [4.69, 9.17) is 4.74 Å². The second-order valence-electron chi connectivity index (χ2n) is 5.96. The van der Waals surface area contributed by atoms with E-state index in [1.165, 1.54) is 12.0 Å². The first-order valence-corrected chi connectivity index (χ1v) is 9.50. The third kappa shape index (κ3) is 10.0. The van der Waals surface area contributed by atoms with Crippen LogP contribution < -0.4 is 4.74 Å². The molecule has 0 atom stereocenters. The fourth-order valence-corrected chi connectivity index (χ4v) is 3.64. The predicted molar refractivity (Wildman–Crippen MR) is 98.5 cm³/mol. The molecule has 0 saturated heterocycles. The Hall–Kier alpha value is -1.44. The third-order valence-corrected chi connectivity index (χ3v) is 4.68. The van der Waals surface area contributed by atoms with Crippen molar-refractivity contribution in [2.24, 2.45) is 0 Å². The van der Waals surface area contributed by atoms with Crippen LogP contribution in [0.2, 0.25) is 0 Å². The van der Waals surface area contributed by atoms with Crippen LogP contribution in [-0.4, -0.2) is 3.81 Å². The zero-order valence-electron chi connectivity index (χ0n) is 14.9. The van der Waals surface area contributed by atoms with Crippen LogP contribution in [0.25, 0.3) is 0 Å². The number of hydrogen-bond donors (Lipinski definition) is 0. The molecule has 0 N–H and O–H groups in total. The van der Waals surface area contributed by atoms with Crippen LogP contribution >= 0.6 is 0 Å². The summed E-state index contributed by atoms with van der Waals surface area (Å²) in [6.45, 7) is 10.6. The predicted octanol–water partition coefficient (Wildman–Crippen LogP) is 6.06. The monoisotopic (exact) mass is 343 g/mol. The molecular weight excluding hydrogens is 316 g/mol. The van der Waals surface area contributed by atoms with E-state index >= 15 is 0 Å². The Balaban J connectivity index is 0.000000253. The molecule has 0 spiro atoms. The number of allylic oxidation sites excluding steroid dienone is 7. The van der Waals surface area contributed by atoms with Crippen LogP contribution in [0.15, 0.2) is 75.9 Å². The average molecular weight is 343 g/mol.